The number of aliphatic imine (C=N–C) groups is 1. The van der Waals surface area contributed by atoms with E-state index in [0.717, 1.165) is 16.4 Å². The second-order valence-electron chi connectivity index (χ2n) is 6.63. The molecule has 134 valence electrons. The van der Waals surface area contributed by atoms with Gasteiger partial charge in [-0.2, -0.15) is 0 Å². The summed E-state index contributed by atoms with van der Waals surface area (Å²) in [5, 5.41) is 12.9. The number of aromatic hydroxyl groups is 1. The van der Waals surface area contributed by atoms with E-state index in [-0.39, 0.29) is 5.41 Å². The van der Waals surface area contributed by atoms with Gasteiger partial charge in [-0.1, -0.05) is 59.7 Å². The first-order valence-corrected chi connectivity index (χ1v) is 13.1. The molecule has 0 spiro atoms. The molecule has 0 saturated carbocycles. The number of aryl methyl sites for hydroxylation is 1. The van der Waals surface area contributed by atoms with Gasteiger partial charge in [-0.15, -0.1) is 0 Å². The van der Waals surface area contributed by atoms with Crippen LogP contribution in [0.4, 0.5) is 0 Å². The van der Waals surface area contributed by atoms with E-state index in [1.165, 1.54) is 10.9 Å². The predicted molar refractivity (Wildman–Crippen MR) is 111 cm³/mol. The van der Waals surface area contributed by atoms with Crippen molar-refractivity contribution in [1.82, 2.24) is 0 Å². The van der Waals surface area contributed by atoms with E-state index in [2.05, 4.69) is 57.0 Å². The van der Waals surface area contributed by atoms with Crippen molar-refractivity contribution in [1.29, 1.82) is 0 Å². The summed E-state index contributed by atoms with van der Waals surface area (Å²) in [5.41, 5.74) is 3.24. The third-order valence-electron chi connectivity index (χ3n) is 3.56. The average molecular weight is 432 g/mol. The van der Waals surface area contributed by atoms with Crippen molar-refractivity contribution in [2.75, 3.05) is 7.05 Å². The molecule has 0 aliphatic heterocycles. The second kappa shape index (κ2) is 10.7. The number of phenolic OH excluding ortho intramolecular Hbond substituents is 1. The van der Waals surface area contributed by atoms with Gasteiger partial charge in [0, 0.05) is 24.1 Å². The molecule has 0 fully saturated rings. The minimum atomic E-state index is -0.556. The molecule has 0 aliphatic carbocycles. The fourth-order valence-corrected chi connectivity index (χ4v) is 3.77. The van der Waals surface area contributed by atoms with Crippen LogP contribution in [0.2, 0.25) is 0 Å². The number of hydrogen-bond donors (Lipinski definition) is 1. The van der Waals surface area contributed by atoms with Gasteiger partial charge in [-0.3, -0.25) is 4.99 Å². The van der Waals surface area contributed by atoms with Crippen LogP contribution in [0.3, 0.4) is 0 Å². The Labute approximate surface area is 169 Å². The number of benzene rings is 2. The predicted octanol–water partition coefficient (Wildman–Crippen LogP) is 5.05. The van der Waals surface area contributed by atoms with Crippen molar-refractivity contribution in [3.05, 3.63) is 53.1 Å². The van der Waals surface area contributed by atoms with Gasteiger partial charge in [0.1, 0.15) is 5.75 Å². The van der Waals surface area contributed by atoms with Crippen molar-refractivity contribution in [2.24, 2.45) is 4.99 Å². The Bertz CT molecular complexity index is 730. The van der Waals surface area contributed by atoms with E-state index < -0.39 is 17.0 Å². The first kappa shape index (κ1) is 22.7. The van der Waals surface area contributed by atoms with Crippen LogP contribution in [0.5, 0.6) is 5.75 Å². The molecule has 0 aliphatic rings. The van der Waals surface area contributed by atoms with Crippen LogP contribution in [0, 0.1) is 6.92 Å². The normalized spacial score (nSPS) is 11.6. The van der Waals surface area contributed by atoms with Crippen molar-refractivity contribution >= 4 is 44.0 Å². The zero-order valence-electron chi connectivity index (χ0n) is 15.2. The van der Waals surface area contributed by atoms with Crippen LogP contribution < -0.4 is 10.6 Å². The van der Waals surface area contributed by atoms with Crippen LogP contribution in [0.25, 0.3) is 0 Å². The number of nitrogens with zero attached hydrogens (tertiary/aromatic N) is 1. The van der Waals surface area contributed by atoms with Crippen molar-refractivity contribution < 1.29 is 22.1 Å². The number of rotatable bonds is 3. The van der Waals surface area contributed by atoms with Gasteiger partial charge < -0.3 is 5.11 Å². The molecule has 0 radical (unpaired) electrons. The van der Waals surface area contributed by atoms with Gasteiger partial charge in [-0.05, 0) is 34.8 Å². The van der Waals surface area contributed by atoms with Crippen LogP contribution in [-0.2, 0) is 22.4 Å². The first-order chi connectivity index (χ1) is 11.7. The van der Waals surface area contributed by atoms with E-state index in [1.54, 1.807) is 7.05 Å². The fraction of sp³-hybridized carbons (Fsp3) is 0.316. The summed E-state index contributed by atoms with van der Waals surface area (Å²) in [4.78, 5) is 4.12. The van der Waals surface area contributed by atoms with E-state index in [4.69, 9.17) is 18.6 Å². The summed E-state index contributed by atoms with van der Waals surface area (Å²) in [5.74, 6) is 0.430. The molecule has 0 aromatic heterocycles. The molecule has 1 N–H and O–H groups in total. The Hall–Kier alpha value is -0.366. The van der Waals surface area contributed by atoms with Crippen LogP contribution in [0.15, 0.2) is 41.4 Å². The molecule has 2 aromatic rings. The van der Waals surface area contributed by atoms with E-state index in [1.807, 2.05) is 18.3 Å². The molecule has 1 unspecified atom stereocenters. The van der Waals surface area contributed by atoms with E-state index in [0.29, 0.717) is 14.3 Å². The molecule has 0 amide bonds. The summed E-state index contributed by atoms with van der Waals surface area (Å²) in [6, 6.07) is 12.4. The summed E-state index contributed by atoms with van der Waals surface area (Å²) in [6.45, 7) is 8.48. The van der Waals surface area contributed by atoms with Gasteiger partial charge in [-0.25, -0.2) is 0 Å². The van der Waals surface area contributed by atoms with Crippen molar-refractivity contribution in [3.63, 3.8) is 0 Å². The Balaban J connectivity index is 0.000000970. The Morgan fingerprint density at radius 3 is 2.28 bits per heavy atom. The third kappa shape index (κ3) is 7.04. The van der Waals surface area contributed by atoms with Gasteiger partial charge in [0.2, 0.25) is 0 Å². The van der Waals surface area contributed by atoms with Gasteiger partial charge in [0.25, 0.3) is 0 Å². The van der Waals surface area contributed by atoms with Crippen LogP contribution >= 0.6 is 27.2 Å². The molecule has 1 atom stereocenters. The van der Waals surface area contributed by atoms with Gasteiger partial charge in [0.15, 0.2) is 0 Å². The third-order valence-corrected chi connectivity index (χ3v) is 4.94. The first-order valence-electron chi connectivity index (χ1n) is 7.83. The van der Waals surface area contributed by atoms with Crippen molar-refractivity contribution in [2.45, 2.75) is 33.1 Å². The second-order valence-corrected chi connectivity index (χ2v) is 10.5. The summed E-state index contributed by atoms with van der Waals surface area (Å²) >= 11 is -0.556. The standard InChI is InChI=1S/C19H24NOP.2ClH.Ti/c1-13-10-15(19(2,3)4)18(21)17(11-13)22-16-9-7-6-8-14(16)12-20-5;;;/h6-12,21-22H,1-5H3;2*1H;/q;;;+2/p-2. The minimum absolute atomic E-state index is 0.0697. The number of hydrogen-bond acceptors (Lipinski definition) is 2. The SMILES string of the molecule is CN=Cc1ccccc1Pc1cc(C)cc(C(C)(C)C)c1O.[Cl][Ti][Cl]. The van der Waals surface area contributed by atoms with Gasteiger partial charge in [0.05, 0.1) is 0 Å². The molecule has 2 rings (SSSR count). The van der Waals surface area contributed by atoms with E-state index in [9.17, 15) is 5.11 Å². The van der Waals surface area contributed by atoms with Crippen LogP contribution in [0.1, 0.15) is 37.5 Å². The molecule has 25 heavy (non-hydrogen) atoms. The monoisotopic (exact) mass is 431 g/mol. The Morgan fingerprint density at radius 2 is 1.72 bits per heavy atom. The molecular formula is C19H24Cl2NOPTi. The average Bonchev–Trinajstić information content (AvgIpc) is 2.52. The molecule has 0 bridgehead atoms. The van der Waals surface area contributed by atoms with Gasteiger partial charge >= 0.3 is 35.6 Å². The number of phenols is 1. The Morgan fingerprint density at radius 1 is 1.12 bits per heavy atom. The summed E-state index contributed by atoms with van der Waals surface area (Å²) in [7, 11) is 12.0. The quantitative estimate of drug-likeness (QED) is 0.411. The molecule has 0 heterocycles. The molecular weight excluding hydrogens is 408 g/mol. The maximum absolute atomic E-state index is 10.7. The Kier molecular flexibility index (Phi) is 9.71. The zero-order valence-corrected chi connectivity index (χ0v) is 19.3. The summed E-state index contributed by atoms with van der Waals surface area (Å²) in [6.07, 6.45) is 1.87. The van der Waals surface area contributed by atoms with E-state index >= 15 is 0 Å². The summed E-state index contributed by atoms with van der Waals surface area (Å²) < 4.78 is 0. The topological polar surface area (TPSA) is 32.6 Å². The maximum atomic E-state index is 10.7. The molecule has 2 aromatic carbocycles. The molecule has 6 heteroatoms. The zero-order chi connectivity index (χ0) is 19.0. The number of halogens is 2. The molecule has 2 nitrogen and oxygen atoms in total. The van der Waals surface area contributed by atoms with Crippen LogP contribution in [-0.4, -0.2) is 18.4 Å². The molecule has 0 saturated heterocycles. The van der Waals surface area contributed by atoms with Crippen molar-refractivity contribution in [3.8, 4) is 5.75 Å². The fourth-order valence-electron chi connectivity index (χ4n) is 2.45.